The first-order valence-electron chi connectivity index (χ1n) is 14.8. The van der Waals surface area contributed by atoms with Crippen LogP contribution in [0.3, 0.4) is 0 Å². The molecule has 1 heterocycles. The summed E-state index contributed by atoms with van der Waals surface area (Å²) in [6.45, 7) is 4.69. The maximum Gasteiger partial charge on any atom is 0.00452 e. The molecule has 0 unspecified atom stereocenters. The Labute approximate surface area is 207 Å². The minimum Gasteiger partial charge on any atom is -0.149 e. The second kappa shape index (κ2) is 23.8. The van der Waals surface area contributed by atoms with E-state index in [1.807, 2.05) is 11.3 Å². The van der Waals surface area contributed by atoms with Gasteiger partial charge in [0.15, 0.2) is 0 Å². The van der Waals surface area contributed by atoms with Crippen molar-refractivity contribution < 1.29 is 0 Å². The zero-order valence-corrected chi connectivity index (χ0v) is 23.0. The molecule has 0 aliphatic heterocycles. The molecule has 1 heteroatoms. The van der Waals surface area contributed by atoms with Crippen LogP contribution < -0.4 is 0 Å². The van der Waals surface area contributed by atoms with Gasteiger partial charge in [-0.1, -0.05) is 161 Å². The van der Waals surface area contributed by atoms with Gasteiger partial charge in [0.25, 0.3) is 0 Å². The van der Waals surface area contributed by atoms with E-state index in [1.165, 1.54) is 154 Å². The van der Waals surface area contributed by atoms with E-state index in [1.54, 1.807) is 4.88 Å². The van der Waals surface area contributed by atoms with Gasteiger partial charge in [0, 0.05) is 4.88 Å². The fraction of sp³-hybridized carbons (Fsp3) is 0.871. The molecule has 0 aromatic carbocycles. The van der Waals surface area contributed by atoms with Crippen LogP contribution in [0, 0.1) is 5.92 Å². The van der Waals surface area contributed by atoms with Gasteiger partial charge < -0.3 is 0 Å². The van der Waals surface area contributed by atoms with Crippen molar-refractivity contribution in [3.05, 3.63) is 22.4 Å². The lowest BCUT2D eigenvalue weighted by molar-refractivity contribution is 0.500. The normalized spacial score (nSPS) is 11.6. The number of thiophene rings is 1. The van der Waals surface area contributed by atoms with Gasteiger partial charge in [-0.3, -0.25) is 0 Å². The Morgan fingerprint density at radius 1 is 0.500 bits per heavy atom. The Morgan fingerprint density at radius 3 is 1.16 bits per heavy atom. The zero-order valence-electron chi connectivity index (χ0n) is 22.2. The van der Waals surface area contributed by atoms with Crippen molar-refractivity contribution in [2.75, 3.05) is 0 Å². The van der Waals surface area contributed by atoms with Gasteiger partial charge >= 0.3 is 0 Å². The summed E-state index contributed by atoms with van der Waals surface area (Å²) < 4.78 is 0. The molecule has 1 rings (SSSR count). The van der Waals surface area contributed by atoms with Crippen LogP contribution in [0.25, 0.3) is 0 Å². The lowest BCUT2D eigenvalue weighted by atomic mass is 10.0. The van der Waals surface area contributed by atoms with Gasteiger partial charge in [-0.2, -0.15) is 0 Å². The molecule has 0 saturated heterocycles. The van der Waals surface area contributed by atoms with Gasteiger partial charge in [-0.25, -0.2) is 0 Å². The second-order valence-corrected chi connectivity index (χ2v) is 11.8. The maximum absolute atomic E-state index is 2.35. The average molecular weight is 463 g/mol. The number of hydrogen-bond acceptors (Lipinski definition) is 1. The molecule has 0 amide bonds. The van der Waals surface area contributed by atoms with Crippen molar-refractivity contribution in [3.8, 4) is 0 Å². The van der Waals surface area contributed by atoms with Crippen LogP contribution in [0.4, 0.5) is 0 Å². The van der Waals surface area contributed by atoms with Gasteiger partial charge in [-0.05, 0) is 30.2 Å². The molecule has 0 N–H and O–H groups in total. The van der Waals surface area contributed by atoms with Gasteiger partial charge in [0.2, 0.25) is 0 Å². The summed E-state index contributed by atoms with van der Waals surface area (Å²) in [6.07, 6.45) is 35.1. The molecule has 0 radical (unpaired) electrons. The molecule has 0 aliphatic carbocycles. The van der Waals surface area contributed by atoms with E-state index in [2.05, 4.69) is 31.4 Å². The van der Waals surface area contributed by atoms with Crippen molar-refractivity contribution in [3.63, 3.8) is 0 Å². The highest BCUT2D eigenvalue weighted by atomic mass is 32.1. The fourth-order valence-electron chi connectivity index (χ4n) is 4.84. The molecule has 0 nitrogen and oxygen atoms in total. The first-order valence-corrected chi connectivity index (χ1v) is 15.7. The van der Waals surface area contributed by atoms with E-state index in [4.69, 9.17) is 0 Å². The Kier molecular flexibility index (Phi) is 22.2. The van der Waals surface area contributed by atoms with Crippen molar-refractivity contribution in [2.24, 2.45) is 5.92 Å². The van der Waals surface area contributed by atoms with Crippen LogP contribution >= 0.6 is 11.3 Å². The van der Waals surface area contributed by atoms with Crippen LogP contribution in [0.5, 0.6) is 0 Å². The predicted molar refractivity (Wildman–Crippen MR) is 149 cm³/mol. The van der Waals surface area contributed by atoms with E-state index in [0.29, 0.717) is 0 Å². The average Bonchev–Trinajstić information content (AvgIpc) is 3.30. The van der Waals surface area contributed by atoms with Crippen LogP contribution in [-0.4, -0.2) is 0 Å². The Balaban J connectivity index is 1.63. The lowest BCUT2D eigenvalue weighted by Crippen LogP contribution is -1.87. The lowest BCUT2D eigenvalue weighted by Gasteiger charge is -2.05. The summed E-state index contributed by atoms with van der Waals surface area (Å²) in [5.74, 6) is 0.895. The molecule has 0 fully saturated rings. The van der Waals surface area contributed by atoms with Crippen LogP contribution in [0.2, 0.25) is 0 Å². The fourth-order valence-corrected chi connectivity index (χ4v) is 5.59. The van der Waals surface area contributed by atoms with Crippen molar-refractivity contribution in [1.82, 2.24) is 0 Å². The first kappa shape index (κ1) is 29.7. The van der Waals surface area contributed by atoms with Crippen molar-refractivity contribution in [2.45, 2.75) is 168 Å². The largest absolute Gasteiger partial charge is 0.149 e. The van der Waals surface area contributed by atoms with E-state index < -0.39 is 0 Å². The first-order chi connectivity index (χ1) is 15.8. The molecule has 0 saturated carbocycles. The third-order valence-electron chi connectivity index (χ3n) is 7.03. The highest BCUT2D eigenvalue weighted by Crippen LogP contribution is 2.17. The van der Waals surface area contributed by atoms with Crippen molar-refractivity contribution in [1.29, 1.82) is 0 Å². The van der Waals surface area contributed by atoms with Crippen LogP contribution in [-0.2, 0) is 6.42 Å². The molecule has 0 atom stereocenters. The third-order valence-corrected chi connectivity index (χ3v) is 7.97. The maximum atomic E-state index is 2.35. The predicted octanol–water partition coefficient (Wildman–Crippen LogP) is 11.9. The highest BCUT2D eigenvalue weighted by molar-refractivity contribution is 7.09. The SMILES string of the molecule is CC(C)CCCCCCCCCCCCCCCCCCCCCCCCc1cccs1. The molecular weight excluding hydrogens is 404 g/mol. The molecule has 32 heavy (non-hydrogen) atoms. The van der Waals surface area contributed by atoms with Crippen LogP contribution in [0.15, 0.2) is 17.5 Å². The Morgan fingerprint density at radius 2 is 0.844 bits per heavy atom. The van der Waals surface area contributed by atoms with E-state index in [-0.39, 0.29) is 0 Å². The number of rotatable bonds is 25. The summed E-state index contributed by atoms with van der Waals surface area (Å²) in [4.78, 5) is 1.57. The Hall–Kier alpha value is -0.300. The quantitative estimate of drug-likeness (QED) is 0.127. The topological polar surface area (TPSA) is 0 Å². The zero-order chi connectivity index (χ0) is 23.0. The van der Waals surface area contributed by atoms with Crippen LogP contribution in [0.1, 0.15) is 166 Å². The highest BCUT2D eigenvalue weighted by Gasteiger charge is 1.97. The summed E-state index contributed by atoms with van der Waals surface area (Å²) in [5, 5.41) is 2.20. The van der Waals surface area contributed by atoms with Gasteiger partial charge in [0.05, 0.1) is 0 Å². The number of hydrogen-bond donors (Lipinski definition) is 0. The standard InChI is InChI=1S/C31H58S/c1-30(2)26-23-21-19-17-15-13-11-9-7-5-3-4-6-8-10-12-14-16-18-20-22-24-27-31-28-25-29-32-31/h25,28-30H,3-24,26-27H2,1-2H3. The molecular formula is C31H58S. The molecule has 0 aliphatic rings. The number of unbranched alkanes of at least 4 members (excludes halogenated alkanes) is 21. The van der Waals surface area contributed by atoms with E-state index in [9.17, 15) is 0 Å². The molecule has 0 spiro atoms. The minimum atomic E-state index is 0.895. The number of aryl methyl sites for hydroxylation is 1. The summed E-state index contributed by atoms with van der Waals surface area (Å²) in [7, 11) is 0. The molecule has 0 bridgehead atoms. The molecule has 1 aromatic rings. The van der Waals surface area contributed by atoms with E-state index >= 15 is 0 Å². The summed E-state index contributed by atoms with van der Waals surface area (Å²) in [6, 6.07) is 4.46. The van der Waals surface area contributed by atoms with Gasteiger partial charge in [-0.15, -0.1) is 11.3 Å². The molecule has 1 aromatic heterocycles. The Bertz CT molecular complexity index is 447. The smallest absolute Gasteiger partial charge is 0.00452 e. The summed E-state index contributed by atoms with van der Waals surface area (Å²) in [5.41, 5.74) is 0. The third kappa shape index (κ3) is 21.5. The second-order valence-electron chi connectivity index (χ2n) is 10.8. The molecule has 188 valence electrons. The van der Waals surface area contributed by atoms with Gasteiger partial charge in [0.1, 0.15) is 0 Å². The monoisotopic (exact) mass is 462 g/mol. The van der Waals surface area contributed by atoms with E-state index in [0.717, 1.165) is 5.92 Å². The van der Waals surface area contributed by atoms with Crippen molar-refractivity contribution >= 4 is 11.3 Å². The summed E-state index contributed by atoms with van der Waals surface area (Å²) >= 11 is 1.92. The minimum absolute atomic E-state index is 0.895.